The van der Waals surface area contributed by atoms with E-state index < -0.39 is 0 Å². The Labute approximate surface area is 196 Å². The summed E-state index contributed by atoms with van der Waals surface area (Å²) in [7, 11) is 3.07. The van der Waals surface area contributed by atoms with Gasteiger partial charge in [0.1, 0.15) is 17.3 Å². The van der Waals surface area contributed by atoms with Crippen LogP contribution in [0.2, 0.25) is 0 Å². The molecule has 33 heavy (non-hydrogen) atoms. The predicted molar refractivity (Wildman–Crippen MR) is 126 cm³/mol. The molecule has 2 atom stereocenters. The van der Waals surface area contributed by atoms with Crippen LogP contribution in [0.4, 0.5) is 4.39 Å². The van der Waals surface area contributed by atoms with Gasteiger partial charge in [0.15, 0.2) is 0 Å². The number of rotatable bonds is 9. The maximum Gasteiger partial charge on any atom is 0.309 e. The molecule has 2 aliphatic rings. The van der Waals surface area contributed by atoms with Gasteiger partial charge >= 0.3 is 5.97 Å². The Hall–Kier alpha value is -2.56. The monoisotopic (exact) mass is 454 g/mol. The molecule has 0 spiro atoms. The van der Waals surface area contributed by atoms with E-state index in [0.717, 1.165) is 55.4 Å². The maximum absolute atomic E-state index is 14.3. The summed E-state index contributed by atoms with van der Waals surface area (Å²) in [5.41, 5.74) is 1.93. The molecule has 0 radical (unpaired) electrons. The van der Waals surface area contributed by atoms with E-state index >= 15 is 0 Å². The summed E-state index contributed by atoms with van der Waals surface area (Å²) < 4.78 is 30.8. The second-order valence-electron chi connectivity index (χ2n) is 9.66. The van der Waals surface area contributed by atoms with Crippen LogP contribution in [0.25, 0.3) is 0 Å². The molecular weight excluding hydrogens is 419 g/mol. The third-order valence-corrected chi connectivity index (χ3v) is 7.46. The summed E-state index contributed by atoms with van der Waals surface area (Å²) >= 11 is 0. The van der Waals surface area contributed by atoms with Gasteiger partial charge in [0, 0.05) is 0 Å². The van der Waals surface area contributed by atoms with Crippen molar-refractivity contribution >= 4 is 5.97 Å². The largest absolute Gasteiger partial charge is 0.497 e. The first-order chi connectivity index (χ1) is 16.0. The van der Waals surface area contributed by atoms with Gasteiger partial charge in [0.25, 0.3) is 0 Å². The van der Waals surface area contributed by atoms with Crippen molar-refractivity contribution in [2.75, 3.05) is 20.8 Å². The average Bonchev–Trinajstić information content (AvgIpc) is 3.68. The molecule has 1 unspecified atom stereocenters. The molecule has 0 heterocycles. The van der Waals surface area contributed by atoms with Crippen molar-refractivity contribution in [1.29, 1.82) is 0 Å². The lowest BCUT2D eigenvalue weighted by atomic mass is 9.79. The van der Waals surface area contributed by atoms with Crippen LogP contribution in [-0.4, -0.2) is 26.8 Å². The molecule has 0 aliphatic heterocycles. The molecule has 0 aromatic heterocycles. The van der Waals surface area contributed by atoms with Crippen LogP contribution in [0.5, 0.6) is 11.5 Å². The fourth-order valence-corrected chi connectivity index (χ4v) is 5.38. The normalized spacial score (nSPS) is 22.3. The topological polar surface area (TPSA) is 44.8 Å². The number of ether oxygens (including phenoxy) is 3. The molecule has 2 aromatic rings. The Bertz CT molecular complexity index is 947. The van der Waals surface area contributed by atoms with E-state index in [-0.39, 0.29) is 29.5 Å². The highest BCUT2D eigenvalue weighted by molar-refractivity contribution is 5.73. The average molecular weight is 455 g/mol. The molecule has 4 rings (SSSR count). The first-order valence-electron chi connectivity index (χ1n) is 12.1. The molecule has 5 heteroatoms. The van der Waals surface area contributed by atoms with E-state index in [2.05, 4.69) is 12.1 Å². The summed E-state index contributed by atoms with van der Waals surface area (Å²) in [5, 5.41) is 0. The zero-order chi connectivity index (χ0) is 23.4. The molecule has 2 aromatic carbocycles. The molecule has 2 fully saturated rings. The number of methoxy groups -OCH3 is 2. The quantitative estimate of drug-likeness (QED) is 0.406. The van der Waals surface area contributed by atoms with Crippen LogP contribution in [0.3, 0.4) is 0 Å². The number of hydrogen-bond acceptors (Lipinski definition) is 4. The fourth-order valence-electron chi connectivity index (χ4n) is 5.38. The summed E-state index contributed by atoms with van der Waals surface area (Å²) in [5.74, 6) is 2.53. The summed E-state index contributed by atoms with van der Waals surface area (Å²) in [6.07, 6.45) is 6.27. The lowest BCUT2D eigenvalue weighted by molar-refractivity contribution is -0.145. The van der Waals surface area contributed by atoms with Crippen LogP contribution >= 0.6 is 0 Å². The zero-order valence-corrected chi connectivity index (χ0v) is 19.9. The Morgan fingerprint density at radius 1 is 1.00 bits per heavy atom. The van der Waals surface area contributed by atoms with Gasteiger partial charge in [-0.25, -0.2) is 4.39 Å². The van der Waals surface area contributed by atoms with Crippen molar-refractivity contribution in [1.82, 2.24) is 0 Å². The fraction of sp³-hybridized carbons (Fsp3) is 0.536. The van der Waals surface area contributed by atoms with Crippen LogP contribution < -0.4 is 9.47 Å². The third-order valence-electron chi connectivity index (χ3n) is 7.46. The minimum Gasteiger partial charge on any atom is -0.497 e. The molecule has 0 bridgehead atoms. The number of esters is 1. The number of hydrogen-bond donors (Lipinski definition) is 0. The number of carbonyl (C=O) groups excluding carboxylic acids is 1. The van der Waals surface area contributed by atoms with Crippen molar-refractivity contribution in [3.05, 3.63) is 59.4 Å². The summed E-state index contributed by atoms with van der Waals surface area (Å²) in [6.45, 7) is 2.63. The Kier molecular flexibility index (Phi) is 7.56. The first-order valence-corrected chi connectivity index (χ1v) is 12.1. The van der Waals surface area contributed by atoms with Crippen molar-refractivity contribution in [3.8, 4) is 11.5 Å². The van der Waals surface area contributed by atoms with Gasteiger partial charge in [-0.1, -0.05) is 19.1 Å². The third kappa shape index (κ3) is 5.69. The lowest BCUT2D eigenvalue weighted by Crippen LogP contribution is -2.22. The Balaban J connectivity index is 1.34. The molecule has 0 saturated heterocycles. The predicted octanol–water partition coefficient (Wildman–Crippen LogP) is 6.49. The van der Waals surface area contributed by atoms with Crippen LogP contribution in [0, 0.1) is 23.6 Å². The van der Waals surface area contributed by atoms with E-state index in [1.54, 1.807) is 13.2 Å². The van der Waals surface area contributed by atoms with E-state index in [1.165, 1.54) is 13.2 Å². The number of benzene rings is 2. The van der Waals surface area contributed by atoms with Crippen molar-refractivity contribution in [2.45, 2.75) is 57.3 Å². The Morgan fingerprint density at radius 2 is 1.76 bits per heavy atom. The van der Waals surface area contributed by atoms with Crippen LogP contribution in [0.15, 0.2) is 42.5 Å². The van der Waals surface area contributed by atoms with Crippen molar-refractivity contribution < 1.29 is 23.4 Å². The van der Waals surface area contributed by atoms with E-state index in [0.29, 0.717) is 24.2 Å². The lowest BCUT2D eigenvalue weighted by Gasteiger charge is -2.29. The highest BCUT2D eigenvalue weighted by Crippen LogP contribution is 2.47. The summed E-state index contributed by atoms with van der Waals surface area (Å²) in [6, 6.07) is 13.2. The van der Waals surface area contributed by atoms with Crippen molar-refractivity contribution in [2.24, 2.45) is 17.8 Å². The van der Waals surface area contributed by atoms with E-state index in [9.17, 15) is 9.18 Å². The van der Waals surface area contributed by atoms with Gasteiger partial charge in [0.2, 0.25) is 0 Å². The molecule has 178 valence electrons. The Morgan fingerprint density at radius 3 is 2.42 bits per heavy atom. The molecule has 2 saturated carbocycles. The highest BCUT2D eigenvalue weighted by atomic mass is 19.1. The second-order valence-corrected chi connectivity index (χ2v) is 9.66. The highest BCUT2D eigenvalue weighted by Gasteiger charge is 2.39. The molecule has 2 aliphatic carbocycles. The van der Waals surface area contributed by atoms with E-state index in [1.807, 2.05) is 25.1 Å². The van der Waals surface area contributed by atoms with E-state index in [4.69, 9.17) is 14.2 Å². The molecule has 4 nitrogen and oxygen atoms in total. The number of carbonyl (C=O) groups is 1. The van der Waals surface area contributed by atoms with Gasteiger partial charge < -0.3 is 14.2 Å². The zero-order valence-electron chi connectivity index (χ0n) is 19.9. The van der Waals surface area contributed by atoms with Gasteiger partial charge in [-0.2, -0.15) is 0 Å². The number of halogens is 1. The standard InChI is InChI=1S/C28H35FO4/c1-18(28(30)32-3)27(21-11-12-21)22-5-4-6-24(15-22)33-17-19-7-9-20(10-8-19)25-16-23(31-2)13-14-26(25)29/h4-6,13-16,18-21,27H,7-12,17H2,1-3H3/t18?,19?,20?,27-/m0/s1. The molecular formula is C28H35FO4. The van der Waals surface area contributed by atoms with Gasteiger partial charge in [0.05, 0.1) is 26.7 Å². The molecule has 0 N–H and O–H groups in total. The maximum atomic E-state index is 14.3. The smallest absolute Gasteiger partial charge is 0.309 e. The van der Waals surface area contributed by atoms with Gasteiger partial charge in [-0.3, -0.25) is 4.79 Å². The van der Waals surface area contributed by atoms with Crippen LogP contribution in [-0.2, 0) is 9.53 Å². The van der Waals surface area contributed by atoms with Crippen molar-refractivity contribution in [3.63, 3.8) is 0 Å². The van der Waals surface area contributed by atoms with Crippen LogP contribution in [0.1, 0.15) is 68.4 Å². The minimum atomic E-state index is -0.162. The SMILES string of the molecule is COC(=O)C(C)[C@H](c1cccc(OCC2CCC(c3cc(OC)ccc3F)CC2)c1)C1CC1. The van der Waals surface area contributed by atoms with Gasteiger partial charge in [-0.15, -0.1) is 0 Å². The minimum absolute atomic E-state index is 0.140. The second kappa shape index (κ2) is 10.6. The van der Waals surface area contributed by atoms with Gasteiger partial charge in [-0.05, 0) is 104 Å². The molecule has 0 amide bonds. The first kappa shape index (κ1) is 23.6. The summed E-state index contributed by atoms with van der Waals surface area (Å²) in [4.78, 5) is 12.2.